The van der Waals surface area contributed by atoms with Gasteiger partial charge >= 0.3 is 0 Å². The lowest BCUT2D eigenvalue weighted by Gasteiger charge is -2.19. The molecule has 0 unspecified atom stereocenters. The third-order valence-corrected chi connectivity index (χ3v) is 2.82. The highest BCUT2D eigenvalue weighted by molar-refractivity contribution is 5.56. The van der Waals surface area contributed by atoms with Gasteiger partial charge in [0.1, 0.15) is 0 Å². The summed E-state index contributed by atoms with van der Waals surface area (Å²) in [5, 5.41) is 3.28. The summed E-state index contributed by atoms with van der Waals surface area (Å²) in [6.07, 6.45) is 1.92. The first-order valence-corrected chi connectivity index (χ1v) is 6.61. The van der Waals surface area contributed by atoms with Crippen molar-refractivity contribution in [2.75, 3.05) is 6.54 Å². The van der Waals surface area contributed by atoms with Gasteiger partial charge in [-0.2, -0.15) is 0 Å². The Labute approximate surface area is 121 Å². The zero-order valence-electron chi connectivity index (χ0n) is 12.1. The van der Waals surface area contributed by atoms with Crippen molar-refractivity contribution in [3.63, 3.8) is 0 Å². The molecular formula is C15H17F3N2O. The predicted molar refractivity (Wildman–Crippen MR) is 73.3 cm³/mol. The minimum Gasteiger partial charge on any atom is -0.441 e. The van der Waals surface area contributed by atoms with E-state index in [-0.39, 0.29) is 16.9 Å². The van der Waals surface area contributed by atoms with E-state index in [1.807, 2.05) is 20.8 Å². The maximum Gasteiger partial charge on any atom is 0.196 e. The van der Waals surface area contributed by atoms with Gasteiger partial charge in [-0.1, -0.05) is 0 Å². The zero-order valence-corrected chi connectivity index (χ0v) is 12.1. The second-order valence-corrected chi connectivity index (χ2v) is 5.80. The molecule has 0 aliphatic carbocycles. The second-order valence-electron chi connectivity index (χ2n) is 5.80. The van der Waals surface area contributed by atoms with Crippen LogP contribution in [0.4, 0.5) is 13.2 Å². The molecule has 0 spiro atoms. The standard InChI is InChI=1S/C15H17F3N2O/c1-15(2,3)20-5-4-13-19-8-12(21-13)9-6-10(16)14(18)11(17)7-9/h6-8,20H,4-5H2,1-3H3. The molecule has 0 atom stereocenters. The number of aromatic nitrogens is 1. The Morgan fingerprint density at radius 3 is 2.33 bits per heavy atom. The van der Waals surface area contributed by atoms with Crippen LogP contribution in [0.3, 0.4) is 0 Å². The zero-order chi connectivity index (χ0) is 15.6. The summed E-state index contributed by atoms with van der Waals surface area (Å²) in [5.74, 6) is -3.34. The molecule has 6 heteroatoms. The van der Waals surface area contributed by atoms with Crippen LogP contribution < -0.4 is 5.32 Å². The first-order chi connectivity index (χ1) is 9.76. The van der Waals surface area contributed by atoms with Crippen molar-refractivity contribution >= 4 is 0 Å². The Morgan fingerprint density at radius 1 is 1.14 bits per heavy atom. The number of nitrogens with one attached hydrogen (secondary N) is 1. The first kappa shape index (κ1) is 15.6. The molecule has 1 heterocycles. The molecular weight excluding hydrogens is 281 g/mol. The summed E-state index contributed by atoms with van der Waals surface area (Å²) in [7, 11) is 0. The average Bonchev–Trinajstić information content (AvgIpc) is 2.82. The minimum atomic E-state index is -1.49. The fourth-order valence-corrected chi connectivity index (χ4v) is 1.80. The van der Waals surface area contributed by atoms with Crippen molar-refractivity contribution in [1.82, 2.24) is 10.3 Å². The van der Waals surface area contributed by atoms with Crippen molar-refractivity contribution in [3.8, 4) is 11.3 Å². The molecule has 114 valence electrons. The number of hydrogen-bond donors (Lipinski definition) is 1. The molecule has 0 aliphatic rings. The smallest absolute Gasteiger partial charge is 0.196 e. The van der Waals surface area contributed by atoms with Crippen LogP contribution in [-0.2, 0) is 6.42 Å². The highest BCUT2D eigenvalue weighted by Crippen LogP contribution is 2.24. The molecule has 0 amide bonds. The van der Waals surface area contributed by atoms with Gasteiger partial charge in [0.15, 0.2) is 29.1 Å². The van der Waals surface area contributed by atoms with Crippen LogP contribution in [0.25, 0.3) is 11.3 Å². The van der Waals surface area contributed by atoms with Crippen molar-refractivity contribution < 1.29 is 17.6 Å². The second kappa shape index (κ2) is 5.89. The van der Waals surface area contributed by atoms with E-state index in [1.54, 1.807) is 0 Å². The lowest BCUT2D eigenvalue weighted by Crippen LogP contribution is -2.37. The molecule has 1 aromatic carbocycles. The summed E-state index contributed by atoms with van der Waals surface area (Å²) in [5.41, 5.74) is 0.104. The van der Waals surface area contributed by atoms with Crippen LogP contribution in [0, 0.1) is 17.5 Å². The van der Waals surface area contributed by atoms with E-state index in [2.05, 4.69) is 10.3 Å². The first-order valence-electron chi connectivity index (χ1n) is 6.61. The average molecular weight is 298 g/mol. The molecule has 0 aliphatic heterocycles. The van der Waals surface area contributed by atoms with Gasteiger partial charge in [-0.15, -0.1) is 0 Å². The normalized spacial score (nSPS) is 11.9. The maximum atomic E-state index is 13.2. The van der Waals surface area contributed by atoms with Gasteiger partial charge in [-0.25, -0.2) is 18.2 Å². The Hall–Kier alpha value is -1.82. The van der Waals surface area contributed by atoms with Gasteiger partial charge in [-0.3, -0.25) is 0 Å². The fourth-order valence-electron chi connectivity index (χ4n) is 1.80. The summed E-state index contributed by atoms with van der Waals surface area (Å²) in [4.78, 5) is 4.05. The van der Waals surface area contributed by atoms with Crippen molar-refractivity contribution in [3.05, 3.63) is 41.7 Å². The molecule has 0 bridgehead atoms. The fraction of sp³-hybridized carbons (Fsp3) is 0.400. The van der Waals surface area contributed by atoms with Gasteiger partial charge in [0, 0.05) is 24.1 Å². The molecule has 3 nitrogen and oxygen atoms in total. The Morgan fingerprint density at radius 2 is 1.76 bits per heavy atom. The molecule has 1 N–H and O–H groups in total. The van der Waals surface area contributed by atoms with Crippen LogP contribution in [-0.4, -0.2) is 17.1 Å². The van der Waals surface area contributed by atoms with E-state index in [0.717, 1.165) is 12.1 Å². The molecule has 0 radical (unpaired) electrons. The van der Waals surface area contributed by atoms with Crippen LogP contribution in [0.2, 0.25) is 0 Å². The summed E-state index contributed by atoms with van der Waals surface area (Å²) < 4.78 is 44.7. The Kier molecular flexibility index (Phi) is 4.37. The molecule has 2 rings (SSSR count). The van der Waals surface area contributed by atoms with E-state index in [1.165, 1.54) is 6.20 Å². The quantitative estimate of drug-likeness (QED) is 0.875. The van der Waals surface area contributed by atoms with E-state index in [0.29, 0.717) is 18.9 Å². The molecule has 0 saturated heterocycles. The third kappa shape index (κ3) is 4.07. The van der Waals surface area contributed by atoms with Crippen molar-refractivity contribution in [1.29, 1.82) is 0 Å². The molecule has 21 heavy (non-hydrogen) atoms. The summed E-state index contributed by atoms with van der Waals surface area (Å²) in [6.45, 7) is 6.78. The third-order valence-electron chi connectivity index (χ3n) is 2.82. The minimum absolute atomic E-state index is 0.0152. The summed E-state index contributed by atoms with van der Waals surface area (Å²) >= 11 is 0. The van der Waals surface area contributed by atoms with Crippen molar-refractivity contribution in [2.45, 2.75) is 32.7 Å². The molecule has 2 aromatic rings. The predicted octanol–water partition coefficient (Wildman–Crippen LogP) is 3.69. The van der Waals surface area contributed by atoms with Gasteiger partial charge in [0.2, 0.25) is 0 Å². The van der Waals surface area contributed by atoms with Crippen LogP contribution in [0.15, 0.2) is 22.7 Å². The van der Waals surface area contributed by atoms with Crippen LogP contribution in [0.5, 0.6) is 0 Å². The maximum absolute atomic E-state index is 13.2. The highest BCUT2D eigenvalue weighted by Gasteiger charge is 2.15. The van der Waals surface area contributed by atoms with E-state index in [9.17, 15) is 13.2 Å². The number of halogens is 3. The summed E-state index contributed by atoms with van der Waals surface area (Å²) in [6, 6.07) is 1.77. The molecule has 1 aromatic heterocycles. The van der Waals surface area contributed by atoms with Gasteiger partial charge in [0.05, 0.1) is 6.20 Å². The van der Waals surface area contributed by atoms with Gasteiger partial charge in [0.25, 0.3) is 0 Å². The van der Waals surface area contributed by atoms with E-state index < -0.39 is 17.5 Å². The van der Waals surface area contributed by atoms with Crippen LogP contribution >= 0.6 is 0 Å². The number of benzene rings is 1. The molecule has 0 saturated carbocycles. The van der Waals surface area contributed by atoms with E-state index >= 15 is 0 Å². The van der Waals surface area contributed by atoms with Gasteiger partial charge in [-0.05, 0) is 32.9 Å². The van der Waals surface area contributed by atoms with Crippen molar-refractivity contribution in [2.24, 2.45) is 0 Å². The monoisotopic (exact) mass is 298 g/mol. The SMILES string of the molecule is CC(C)(C)NCCc1ncc(-c2cc(F)c(F)c(F)c2)o1. The van der Waals surface area contributed by atoms with E-state index in [4.69, 9.17) is 4.42 Å². The topological polar surface area (TPSA) is 38.1 Å². The lowest BCUT2D eigenvalue weighted by molar-refractivity contribution is 0.411. The molecule has 0 fully saturated rings. The lowest BCUT2D eigenvalue weighted by atomic mass is 10.1. The Bertz CT molecular complexity index is 609. The Balaban J connectivity index is 2.10. The number of hydrogen-bond acceptors (Lipinski definition) is 3. The number of nitrogens with zero attached hydrogens (tertiary/aromatic N) is 1. The van der Waals surface area contributed by atoms with Gasteiger partial charge < -0.3 is 9.73 Å². The largest absolute Gasteiger partial charge is 0.441 e. The van der Waals surface area contributed by atoms with Crippen LogP contribution in [0.1, 0.15) is 26.7 Å². The number of oxazole rings is 1. The highest BCUT2D eigenvalue weighted by atomic mass is 19.2. The number of rotatable bonds is 4.